The molecule has 0 saturated carbocycles. The third kappa shape index (κ3) is 3.73. The lowest BCUT2D eigenvalue weighted by molar-refractivity contribution is 0.243. The molecule has 3 nitrogen and oxygen atoms in total. The Morgan fingerprint density at radius 1 is 1.50 bits per heavy atom. The summed E-state index contributed by atoms with van der Waals surface area (Å²) in [5.74, 6) is 0.0642. The van der Waals surface area contributed by atoms with Crippen molar-refractivity contribution in [2.24, 2.45) is 0 Å². The summed E-state index contributed by atoms with van der Waals surface area (Å²) in [4.78, 5) is 0.0268. The number of hydrogen-bond donors (Lipinski definition) is 2. The van der Waals surface area contributed by atoms with Gasteiger partial charge in [-0.3, -0.25) is 5.32 Å². The Morgan fingerprint density at radius 3 is 2.69 bits per heavy atom. The lowest BCUT2D eigenvalue weighted by atomic mass is 10.1. The van der Waals surface area contributed by atoms with Gasteiger partial charge in [-0.2, -0.15) is 0 Å². The van der Waals surface area contributed by atoms with Gasteiger partial charge in [-0.1, -0.05) is 15.9 Å². The first kappa shape index (κ1) is 13.4. The fraction of sp³-hybridized carbons (Fsp3) is 0.455. The smallest absolute Gasteiger partial charge is 0.127 e. The van der Waals surface area contributed by atoms with Crippen LogP contribution in [0.1, 0.15) is 18.5 Å². The van der Waals surface area contributed by atoms with Gasteiger partial charge in [-0.05, 0) is 24.6 Å². The van der Waals surface area contributed by atoms with Gasteiger partial charge in [0.2, 0.25) is 0 Å². The molecule has 2 N–H and O–H groups in total. The lowest BCUT2D eigenvalue weighted by Crippen LogP contribution is -2.28. The number of halogens is 2. The largest absolute Gasteiger partial charge is 0.497 e. The summed E-state index contributed by atoms with van der Waals surface area (Å²) < 4.78 is 18.2. The fourth-order valence-corrected chi connectivity index (χ4v) is 1.75. The Hall–Kier alpha value is -0.650. The number of benzene rings is 1. The molecule has 5 heteroatoms. The molecule has 0 aliphatic rings. The molecule has 90 valence electrons. The first-order valence-electron chi connectivity index (χ1n) is 4.92. The summed E-state index contributed by atoms with van der Waals surface area (Å²) in [6.45, 7) is 1.78. The van der Waals surface area contributed by atoms with Crippen molar-refractivity contribution in [1.29, 1.82) is 0 Å². The van der Waals surface area contributed by atoms with E-state index in [0.29, 0.717) is 11.3 Å². The van der Waals surface area contributed by atoms with Crippen LogP contribution in [0.4, 0.5) is 4.39 Å². The standard InChI is InChI=1S/C11H15BrFNO2/c1-7(12)14-11(6-15)8-3-9(13)5-10(4-8)16-2/h3-5,7,11,14-15H,6H2,1-2H3/t7?,11-/m1/s1. The molecule has 0 saturated heterocycles. The number of aliphatic hydroxyl groups excluding tert-OH is 1. The van der Waals surface area contributed by atoms with Crippen LogP contribution in [0.2, 0.25) is 0 Å². The van der Waals surface area contributed by atoms with E-state index in [1.165, 1.54) is 19.2 Å². The summed E-state index contributed by atoms with van der Waals surface area (Å²) in [5, 5.41) is 12.3. The van der Waals surface area contributed by atoms with Gasteiger partial charge in [0.25, 0.3) is 0 Å². The molecule has 2 atom stereocenters. The van der Waals surface area contributed by atoms with Crippen LogP contribution in [-0.4, -0.2) is 23.8 Å². The van der Waals surface area contributed by atoms with Crippen LogP contribution >= 0.6 is 15.9 Å². The summed E-state index contributed by atoms with van der Waals surface area (Å²) in [6, 6.07) is 4.06. The highest BCUT2D eigenvalue weighted by Gasteiger charge is 2.14. The molecule has 16 heavy (non-hydrogen) atoms. The maximum atomic E-state index is 13.2. The minimum absolute atomic E-state index is 0.0268. The van der Waals surface area contributed by atoms with Crippen LogP contribution in [0.5, 0.6) is 5.75 Å². The second-order valence-corrected chi connectivity index (χ2v) is 4.82. The molecule has 0 heterocycles. The first-order valence-corrected chi connectivity index (χ1v) is 5.84. The van der Waals surface area contributed by atoms with E-state index in [9.17, 15) is 9.50 Å². The summed E-state index contributed by atoms with van der Waals surface area (Å²) >= 11 is 3.32. The number of alkyl halides is 1. The zero-order valence-corrected chi connectivity index (χ0v) is 10.8. The summed E-state index contributed by atoms with van der Waals surface area (Å²) in [5.41, 5.74) is 0.658. The number of ether oxygens (including phenoxy) is 1. The maximum Gasteiger partial charge on any atom is 0.127 e. The quantitative estimate of drug-likeness (QED) is 0.646. The highest BCUT2D eigenvalue weighted by molar-refractivity contribution is 9.09. The zero-order valence-electron chi connectivity index (χ0n) is 9.21. The molecule has 0 bridgehead atoms. The average molecular weight is 292 g/mol. The van der Waals surface area contributed by atoms with Gasteiger partial charge >= 0.3 is 0 Å². The van der Waals surface area contributed by atoms with Crippen LogP contribution in [0.15, 0.2) is 18.2 Å². The predicted octanol–water partition coefficient (Wildman–Crippen LogP) is 2.20. The molecule has 0 fully saturated rings. The first-order chi connectivity index (χ1) is 7.56. The molecule has 1 aromatic carbocycles. The third-order valence-electron chi connectivity index (χ3n) is 2.15. The van der Waals surface area contributed by atoms with Crippen molar-refractivity contribution < 1.29 is 14.2 Å². The molecular formula is C11H15BrFNO2. The number of methoxy groups -OCH3 is 1. The lowest BCUT2D eigenvalue weighted by Gasteiger charge is -2.19. The molecule has 1 unspecified atom stereocenters. The van der Waals surface area contributed by atoms with Crippen molar-refractivity contribution in [3.63, 3.8) is 0 Å². The molecule has 0 amide bonds. The van der Waals surface area contributed by atoms with E-state index in [0.717, 1.165) is 0 Å². The Bertz CT molecular complexity index is 347. The minimum atomic E-state index is -0.378. The van der Waals surface area contributed by atoms with Crippen LogP contribution in [0.3, 0.4) is 0 Å². The highest BCUT2D eigenvalue weighted by Crippen LogP contribution is 2.22. The Balaban J connectivity index is 2.95. The van der Waals surface area contributed by atoms with Gasteiger partial charge < -0.3 is 9.84 Å². The Morgan fingerprint density at radius 2 is 2.19 bits per heavy atom. The van der Waals surface area contributed by atoms with E-state index in [1.54, 1.807) is 6.07 Å². The van der Waals surface area contributed by atoms with Crippen LogP contribution in [0.25, 0.3) is 0 Å². The van der Waals surface area contributed by atoms with Crippen molar-refractivity contribution in [3.8, 4) is 5.75 Å². The summed E-state index contributed by atoms with van der Waals surface area (Å²) in [6.07, 6.45) is 0. The molecule has 0 radical (unpaired) electrons. The van der Waals surface area contributed by atoms with Gasteiger partial charge in [0.15, 0.2) is 0 Å². The Labute approximate surface area is 103 Å². The molecule has 0 aliphatic carbocycles. The second-order valence-electron chi connectivity index (χ2n) is 3.44. The van der Waals surface area contributed by atoms with E-state index in [2.05, 4.69) is 21.2 Å². The van der Waals surface area contributed by atoms with Gasteiger partial charge in [-0.25, -0.2) is 4.39 Å². The topological polar surface area (TPSA) is 41.5 Å². The van der Waals surface area contributed by atoms with E-state index in [4.69, 9.17) is 4.74 Å². The van der Waals surface area contributed by atoms with Crippen molar-refractivity contribution in [2.45, 2.75) is 17.9 Å². The van der Waals surface area contributed by atoms with Gasteiger partial charge in [0.1, 0.15) is 11.6 Å². The van der Waals surface area contributed by atoms with Crippen molar-refractivity contribution in [1.82, 2.24) is 5.32 Å². The van der Waals surface area contributed by atoms with Gasteiger partial charge in [0, 0.05) is 6.07 Å². The molecule has 0 aliphatic heterocycles. The molecule has 0 aromatic heterocycles. The molecular weight excluding hydrogens is 277 g/mol. The molecule has 0 spiro atoms. The maximum absolute atomic E-state index is 13.2. The monoisotopic (exact) mass is 291 g/mol. The zero-order chi connectivity index (χ0) is 12.1. The van der Waals surface area contributed by atoms with Crippen LogP contribution in [0, 0.1) is 5.82 Å². The minimum Gasteiger partial charge on any atom is -0.497 e. The third-order valence-corrected chi connectivity index (χ3v) is 2.41. The van der Waals surface area contributed by atoms with Crippen molar-refractivity contribution >= 4 is 15.9 Å². The average Bonchev–Trinajstić information content (AvgIpc) is 2.24. The Kier molecular flexibility index (Phi) is 5.18. The van der Waals surface area contributed by atoms with Gasteiger partial charge in [0.05, 0.1) is 24.7 Å². The second kappa shape index (κ2) is 6.18. The number of hydrogen-bond acceptors (Lipinski definition) is 3. The predicted molar refractivity (Wildman–Crippen MR) is 64.3 cm³/mol. The normalized spacial score (nSPS) is 14.6. The highest BCUT2D eigenvalue weighted by atomic mass is 79.9. The number of aliphatic hydroxyl groups is 1. The van der Waals surface area contributed by atoms with Crippen molar-refractivity contribution in [2.75, 3.05) is 13.7 Å². The van der Waals surface area contributed by atoms with Crippen LogP contribution < -0.4 is 10.1 Å². The summed E-state index contributed by atoms with van der Waals surface area (Å²) in [7, 11) is 1.48. The van der Waals surface area contributed by atoms with E-state index < -0.39 is 0 Å². The van der Waals surface area contributed by atoms with Gasteiger partial charge in [-0.15, -0.1) is 0 Å². The fourth-order valence-electron chi connectivity index (χ4n) is 1.43. The molecule has 1 rings (SSSR count). The number of nitrogens with one attached hydrogen (secondary N) is 1. The van der Waals surface area contributed by atoms with E-state index >= 15 is 0 Å². The van der Waals surface area contributed by atoms with E-state index in [-0.39, 0.29) is 23.4 Å². The number of rotatable bonds is 5. The SMILES string of the molecule is COc1cc(F)cc([C@@H](CO)NC(C)Br)c1. The molecule has 1 aromatic rings. The van der Waals surface area contributed by atoms with E-state index in [1.807, 2.05) is 6.92 Å². The van der Waals surface area contributed by atoms with Crippen molar-refractivity contribution in [3.05, 3.63) is 29.6 Å². The van der Waals surface area contributed by atoms with Crippen LogP contribution in [-0.2, 0) is 0 Å².